The number of allylic oxidation sites excluding steroid dienone is 4. The third-order valence-electron chi connectivity index (χ3n) is 6.20. The summed E-state index contributed by atoms with van der Waals surface area (Å²) in [4.78, 5) is 14.9. The zero-order chi connectivity index (χ0) is 21.7. The van der Waals surface area contributed by atoms with E-state index in [1.54, 1.807) is 14.2 Å². The van der Waals surface area contributed by atoms with Gasteiger partial charge in [-0.25, -0.2) is 4.79 Å². The third-order valence-corrected chi connectivity index (χ3v) is 6.20. The molecule has 1 saturated heterocycles. The van der Waals surface area contributed by atoms with Gasteiger partial charge in [0, 0.05) is 36.8 Å². The number of fused-ring (bicyclic) bond motifs is 2. The Balaban J connectivity index is 1.81. The van der Waals surface area contributed by atoms with Gasteiger partial charge in [-0.3, -0.25) is 4.90 Å². The second kappa shape index (κ2) is 9.85. The van der Waals surface area contributed by atoms with E-state index < -0.39 is 0 Å². The number of carbonyl (C=O) groups excluding carboxylic acids is 1. The van der Waals surface area contributed by atoms with Gasteiger partial charge >= 0.3 is 5.97 Å². The van der Waals surface area contributed by atoms with Crippen LogP contribution in [0.2, 0.25) is 0 Å². The smallest absolute Gasteiger partial charge is 0.337 e. The van der Waals surface area contributed by atoms with Gasteiger partial charge in [0.2, 0.25) is 0 Å². The topological polar surface area (TPSA) is 60.0 Å². The van der Waals surface area contributed by atoms with Crippen molar-refractivity contribution in [1.82, 2.24) is 10.2 Å². The van der Waals surface area contributed by atoms with Crippen LogP contribution in [0.3, 0.4) is 0 Å². The second-order valence-electron chi connectivity index (χ2n) is 7.84. The largest absolute Gasteiger partial charge is 0.504 e. The molecule has 0 aromatic heterocycles. The normalized spacial score (nSPS) is 28.0. The minimum absolute atomic E-state index is 0.00255. The number of piperidine rings is 1. The summed E-state index contributed by atoms with van der Waals surface area (Å²) in [5.41, 5.74) is 4.48. The van der Waals surface area contributed by atoms with Crippen LogP contribution in [0.1, 0.15) is 19.3 Å². The molecule has 0 unspecified atom stereocenters. The Kier molecular flexibility index (Phi) is 7.21. The molecule has 6 heteroatoms. The fourth-order valence-corrected chi connectivity index (χ4v) is 4.66. The number of nitrogens with one attached hydrogen (secondary N) is 1. The van der Waals surface area contributed by atoms with Gasteiger partial charge < -0.3 is 19.5 Å². The zero-order valence-corrected chi connectivity index (χ0v) is 18.1. The molecule has 0 aliphatic carbocycles. The number of rotatable bonds is 7. The summed E-state index contributed by atoms with van der Waals surface area (Å²) >= 11 is 0. The van der Waals surface area contributed by atoms with E-state index in [1.807, 2.05) is 18.2 Å². The lowest BCUT2D eigenvalue weighted by molar-refractivity contribution is -0.137. The maximum absolute atomic E-state index is 12.4. The summed E-state index contributed by atoms with van der Waals surface area (Å²) in [7, 11) is 4.58. The summed E-state index contributed by atoms with van der Waals surface area (Å²) in [6.07, 6.45) is 12.2. The highest BCUT2D eigenvalue weighted by Crippen LogP contribution is 2.42. The van der Waals surface area contributed by atoms with E-state index in [-0.39, 0.29) is 23.8 Å². The summed E-state index contributed by atoms with van der Waals surface area (Å²) < 4.78 is 15.3. The van der Waals surface area contributed by atoms with Crippen LogP contribution in [-0.2, 0) is 19.0 Å². The number of carbonyl (C=O) groups is 1. The van der Waals surface area contributed by atoms with E-state index >= 15 is 0 Å². The Morgan fingerprint density at radius 3 is 2.73 bits per heavy atom. The van der Waals surface area contributed by atoms with Crippen LogP contribution in [0.5, 0.6) is 0 Å². The van der Waals surface area contributed by atoms with Gasteiger partial charge in [0.1, 0.15) is 5.76 Å². The van der Waals surface area contributed by atoms with Crippen molar-refractivity contribution in [2.45, 2.75) is 25.3 Å². The molecule has 0 spiro atoms. The molecule has 0 bridgehead atoms. The van der Waals surface area contributed by atoms with Crippen LogP contribution in [0.25, 0.3) is 0 Å². The Morgan fingerprint density at radius 2 is 2.07 bits per heavy atom. The summed E-state index contributed by atoms with van der Waals surface area (Å²) in [6, 6.07) is 0.240. The molecule has 0 radical (unpaired) electrons. The maximum Gasteiger partial charge on any atom is 0.337 e. The number of hydrogen-bond acceptors (Lipinski definition) is 6. The molecule has 6 nitrogen and oxygen atoms in total. The Morgan fingerprint density at radius 1 is 1.27 bits per heavy atom. The first kappa shape index (κ1) is 22.0. The third kappa shape index (κ3) is 4.54. The van der Waals surface area contributed by atoms with Crippen molar-refractivity contribution in [3.63, 3.8) is 0 Å². The molecule has 0 aromatic carbocycles. The molecule has 3 atom stereocenters. The number of nitrogens with zero attached hydrogens (tertiary/aromatic N) is 1. The van der Waals surface area contributed by atoms with Crippen LogP contribution >= 0.6 is 0 Å². The van der Waals surface area contributed by atoms with E-state index in [9.17, 15) is 4.79 Å². The molecule has 0 saturated carbocycles. The van der Waals surface area contributed by atoms with Crippen molar-refractivity contribution < 1.29 is 19.0 Å². The van der Waals surface area contributed by atoms with E-state index in [0.29, 0.717) is 11.3 Å². The van der Waals surface area contributed by atoms with Crippen LogP contribution in [0.15, 0.2) is 72.0 Å². The number of esters is 1. The summed E-state index contributed by atoms with van der Waals surface area (Å²) in [5.74, 6) is 0.460. The number of hydrogen-bond donors (Lipinski definition) is 1. The second-order valence-corrected chi connectivity index (χ2v) is 7.84. The van der Waals surface area contributed by atoms with Crippen molar-refractivity contribution in [3.8, 4) is 0 Å². The Labute approximate surface area is 179 Å². The van der Waals surface area contributed by atoms with Gasteiger partial charge in [-0.05, 0) is 36.5 Å². The van der Waals surface area contributed by atoms with Crippen molar-refractivity contribution in [2.75, 3.05) is 34.4 Å². The average Bonchev–Trinajstić information content (AvgIpc) is 3.19. The van der Waals surface area contributed by atoms with Crippen molar-refractivity contribution in [1.29, 1.82) is 0 Å². The SMILES string of the molecule is C=C[C@H]1CN2CCC3=C(N/C(=C/C=C\C(=C)OC)C3)[C@@H]2C[C@@H]1/C(=C\OC)C(=O)OC. The predicted molar refractivity (Wildman–Crippen MR) is 117 cm³/mol. The zero-order valence-electron chi connectivity index (χ0n) is 18.1. The lowest BCUT2D eigenvalue weighted by atomic mass is 9.75. The molecule has 162 valence electrons. The number of ether oxygens (including phenoxy) is 3. The molecule has 1 N–H and O–H groups in total. The summed E-state index contributed by atoms with van der Waals surface area (Å²) in [5, 5.41) is 3.64. The quantitative estimate of drug-likeness (QED) is 0.227. The Hall–Kier alpha value is -2.73. The highest BCUT2D eigenvalue weighted by atomic mass is 16.5. The molecule has 3 rings (SSSR count). The molecular formula is C24H32N2O4. The van der Waals surface area contributed by atoms with Gasteiger partial charge in [0.15, 0.2) is 0 Å². The average molecular weight is 413 g/mol. The van der Waals surface area contributed by atoms with Gasteiger partial charge in [-0.2, -0.15) is 0 Å². The molecule has 3 aliphatic heterocycles. The molecule has 3 aliphatic rings. The lowest BCUT2D eigenvalue weighted by Crippen LogP contribution is -2.52. The highest BCUT2D eigenvalue weighted by molar-refractivity contribution is 5.88. The summed E-state index contributed by atoms with van der Waals surface area (Å²) in [6.45, 7) is 9.71. The maximum atomic E-state index is 12.4. The molecule has 1 fully saturated rings. The molecule has 3 heterocycles. The first-order valence-electron chi connectivity index (χ1n) is 10.3. The minimum Gasteiger partial charge on any atom is -0.504 e. The molecule has 0 aromatic rings. The van der Waals surface area contributed by atoms with Gasteiger partial charge in [-0.1, -0.05) is 18.7 Å². The molecule has 0 amide bonds. The first-order chi connectivity index (χ1) is 14.5. The highest BCUT2D eigenvalue weighted by Gasteiger charge is 2.43. The van der Waals surface area contributed by atoms with Crippen molar-refractivity contribution in [3.05, 3.63) is 72.0 Å². The van der Waals surface area contributed by atoms with E-state index in [0.717, 1.165) is 32.4 Å². The first-order valence-corrected chi connectivity index (χ1v) is 10.3. The molecule has 30 heavy (non-hydrogen) atoms. The van der Waals surface area contributed by atoms with Crippen LogP contribution < -0.4 is 5.32 Å². The fourth-order valence-electron chi connectivity index (χ4n) is 4.66. The molecular weight excluding hydrogens is 380 g/mol. The van der Waals surface area contributed by atoms with Gasteiger partial charge in [0.25, 0.3) is 0 Å². The van der Waals surface area contributed by atoms with Crippen LogP contribution in [0.4, 0.5) is 0 Å². The lowest BCUT2D eigenvalue weighted by Gasteiger charge is -2.46. The van der Waals surface area contributed by atoms with Crippen molar-refractivity contribution >= 4 is 5.97 Å². The van der Waals surface area contributed by atoms with Gasteiger partial charge in [-0.15, -0.1) is 6.58 Å². The van der Waals surface area contributed by atoms with E-state index in [1.165, 1.54) is 30.3 Å². The van der Waals surface area contributed by atoms with E-state index in [2.05, 4.69) is 29.5 Å². The van der Waals surface area contributed by atoms with Gasteiger partial charge in [0.05, 0.1) is 39.2 Å². The van der Waals surface area contributed by atoms with Crippen LogP contribution in [-0.4, -0.2) is 51.3 Å². The standard InChI is InChI=1S/C24H32N2O4/c1-6-17-14-26-11-10-18-12-19(9-7-8-16(2)29-4)25-23(18)22(26)13-20(17)21(15-28-3)24(27)30-5/h6-9,15,17,20,22,25H,1-2,10-14H2,3-5H3/b8-7-,19-9+,21-15+/t17-,20-,22-/m0/s1. The number of methoxy groups -OCH3 is 3. The predicted octanol–water partition coefficient (Wildman–Crippen LogP) is 3.43. The Bertz CT molecular complexity index is 821. The fraction of sp³-hybridized carbons (Fsp3) is 0.458. The van der Waals surface area contributed by atoms with E-state index in [4.69, 9.17) is 14.2 Å². The minimum atomic E-state index is -0.337. The van der Waals surface area contributed by atoms with Crippen LogP contribution in [0, 0.1) is 11.8 Å². The van der Waals surface area contributed by atoms with Crippen molar-refractivity contribution in [2.24, 2.45) is 11.8 Å². The monoisotopic (exact) mass is 412 g/mol.